The van der Waals surface area contributed by atoms with Crippen molar-refractivity contribution in [2.45, 2.75) is 65.6 Å². The van der Waals surface area contributed by atoms with E-state index in [1.807, 2.05) is 75.4 Å². The summed E-state index contributed by atoms with van der Waals surface area (Å²) in [5, 5.41) is 3.46. The number of aryl methyl sites for hydroxylation is 1. The zero-order valence-corrected chi connectivity index (χ0v) is 26.0. The van der Waals surface area contributed by atoms with Crippen LogP contribution in [0.3, 0.4) is 0 Å². The Kier molecular flexibility index (Phi) is 11.4. The van der Waals surface area contributed by atoms with Crippen LogP contribution in [0.2, 0.25) is 5.02 Å². The number of rotatable bonds is 13. The van der Waals surface area contributed by atoms with Crippen LogP contribution in [0.5, 0.6) is 0 Å². The minimum absolute atomic E-state index is 0.0672. The number of anilines is 1. The highest BCUT2D eigenvalue weighted by atomic mass is 35.5. The van der Waals surface area contributed by atoms with Gasteiger partial charge in [-0.15, -0.1) is 0 Å². The van der Waals surface area contributed by atoms with Crippen molar-refractivity contribution in [2.24, 2.45) is 0 Å². The number of hydrogen-bond donors (Lipinski definition) is 1. The van der Waals surface area contributed by atoms with Crippen LogP contribution in [-0.4, -0.2) is 50.0 Å². The maximum absolute atomic E-state index is 13.9. The molecule has 0 unspecified atom stereocenters. The summed E-state index contributed by atoms with van der Waals surface area (Å²) in [5.41, 5.74) is 4.06. The van der Waals surface area contributed by atoms with Gasteiger partial charge in [0.25, 0.3) is 0 Å². The number of carbonyl (C=O) groups excluding carboxylic acids is 2. The summed E-state index contributed by atoms with van der Waals surface area (Å²) in [5.74, 6) is -0.445. The molecule has 0 saturated carbocycles. The molecule has 0 aliphatic carbocycles. The van der Waals surface area contributed by atoms with E-state index in [0.29, 0.717) is 22.7 Å². The molecule has 220 valence electrons. The first-order valence-corrected chi connectivity index (χ1v) is 16.0. The molecule has 3 rings (SSSR count). The van der Waals surface area contributed by atoms with Crippen molar-refractivity contribution in [1.82, 2.24) is 10.2 Å². The third-order valence-corrected chi connectivity index (χ3v) is 8.39. The van der Waals surface area contributed by atoms with Crippen LogP contribution < -0.4 is 9.62 Å². The van der Waals surface area contributed by atoms with Crippen molar-refractivity contribution < 1.29 is 18.0 Å². The van der Waals surface area contributed by atoms with Crippen LogP contribution in [0.25, 0.3) is 0 Å². The van der Waals surface area contributed by atoms with E-state index >= 15 is 0 Å². The molecule has 3 aromatic rings. The number of benzene rings is 3. The SMILES string of the molecule is Cc1cccc(CN(C(=O)CCCN(c2cccc(Cl)c2C)S(C)(=O)=O)[C@@H](Cc2ccccc2)C(=O)NC(C)C)c1. The second kappa shape index (κ2) is 14.5. The van der Waals surface area contributed by atoms with Gasteiger partial charge in [0, 0.05) is 37.0 Å². The van der Waals surface area contributed by atoms with Gasteiger partial charge in [-0.1, -0.05) is 77.8 Å². The zero-order chi connectivity index (χ0) is 30.2. The first kappa shape index (κ1) is 32.2. The van der Waals surface area contributed by atoms with E-state index in [1.54, 1.807) is 30.0 Å². The van der Waals surface area contributed by atoms with Crippen LogP contribution in [0, 0.1) is 13.8 Å². The van der Waals surface area contributed by atoms with E-state index < -0.39 is 16.1 Å². The molecule has 1 atom stereocenters. The Balaban J connectivity index is 1.90. The van der Waals surface area contributed by atoms with Gasteiger partial charge in [-0.2, -0.15) is 0 Å². The number of amides is 2. The highest BCUT2D eigenvalue weighted by Crippen LogP contribution is 2.28. The van der Waals surface area contributed by atoms with Gasteiger partial charge in [0.05, 0.1) is 11.9 Å². The van der Waals surface area contributed by atoms with E-state index in [9.17, 15) is 18.0 Å². The van der Waals surface area contributed by atoms with Gasteiger partial charge in [0.2, 0.25) is 21.8 Å². The lowest BCUT2D eigenvalue weighted by molar-refractivity contribution is -0.141. The molecule has 0 fully saturated rings. The monoisotopic (exact) mass is 597 g/mol. The fourth-order valence-corrected chi connectivity index (χ4v) is 5.98. The van der Waals surface area contributed by atoms with Gasteiger partial charge in [0.1, 0.15) is 6.04 Å². The minimum atomic E-state index is -3.63. The molecular weight excluding hydrogens is 558 g/mol. The maximum atomic E-state index is 13.9. The Morgan fingerprint density at radius 3 is 2.22 bits per heavy atom. The molecule has 7 nitrogen and oxygen atoms in total. The van der Waals surface area contributed by atoms with Crippen LogP contribution >= 0.6 is 11.6 Å². The Morgan fingerprint density at radius 2 is 1.59 bits per heavy atom. The highest BCUT2D eigenvalue weighted by Gasteiger charge is 2.31. The molecule has 0 spiro atoms. The molecule has 0 aliphatic rings. The van der Waals surface area contributed by atoms with E-state index in [1.165, 1.54) is 4.31 Å². The van der Waals surface area contributed by atoms with Crippen LogP contribution in [-0.2, 0) is 32.6 Å². The average molecular weight is 598 g/mol. The molecule has 0 aliphatic heterocycles. The lowest BCUT2D eigenvalue weighted by atomic mass is 10.0. The van der Waals surface area contributed by atoms with Gasteiger partial charge in [-0.25, -0.2) is 8.42 Å². The Bertz CT molecular complexity index is 1440. The number of sulfonamides is 1. The van der Waals surface area contributed by atoms with Gasteiger partial charge >= 0.3 is 0 Å². The van der Waals surface area contributed by atoms with Crippen molar-refractivity contribution in [2.75, 3.05) is 17.1 Å². The van der Waals surface area contributed by atoms with Crippen LogP contribution in [0.4, 0.5) is 5.69 Å². The molecule has 0 heterocycles. The Morgan fingerprint density at radius 1 is 0.927 bits per heavy atom. The summed E-state index contributed by atoms with van der Waals surface area (Å²) in [7, 11) is -3.63. The average Bonchev–Trinajstić information content (AvgIpc) is 2.90. The molecule has 9 heteroatoms. The first-order valence-electron chi connectivity index (χ1n) is 13.8. The Hall–Kier alpha value is -3.36. The predicted octanol–water partition coefficient (Wildman–Crippen LogP) is 5.67. The molecule has 0 bridgehead atoms. The normalized spacial score (nSPS) is 12.2. The van der Waals surface area contributed by atoms with Crippen molar-refractivity contribution in [3.05, 3.63) is 100 Å². The molecule has 0 radical (unpaired) electrons. The lowest BCUT2D eigenvalue weighted by Gasteiger charge is -2.32. The van der Waals surface area contributed by atoms with E-state index in [0.717, 1.165) is 22.9 Å². The van der Waals surface area contributed by atoms with Gasteiger partial charge in [0.15, 0.2) is 0 Å². The molecule has 0 aromatic heterocycles. The molecule has 3 aromatic carbocycles. The molecule has 41 heavy (non-hydrogen) atoms. The Labute approximate surface area is 249 Å². The van der Waals surface area contributed by atoms with Crippen molar-refractivity contribution in [3.8, 4) is 0 Å². The summed E-state index contributed by atoms with van der Waals surface area (Å²) in [4.78, 5) is 29.1. The number of nitrogens with zero attached hydrogens (tertiary/aromatic N) is 2. The van der Waals surface area contributed by atoms with Crippen molar-refractivity contribution in [3.63, 3.8) is 0 Å². The van der Waals surface area contributed by atoms with E-state index in [4.69, 9.17) is 11.6 Å². The van der Waals surface area contributed by atoms with Crippen LogP contribution in [0.1, 0.15) is 48.9 Å². The number of hydrogen-bond acceptors (Lipinski definition) is 4. The summed E-state index contributed by atoms with van der Waals surface area (Å²) in [6, 6.07) is 21.8. The lowest BCUT2D eigenvalue weighted by Crippen LogP contribution is -2.51. The largest absolute Gasteiger partial charge is 0.352 e. The standard InChI is InChI=1S/C32H40ClN3O4S/c1-23(2)34-32(38)30(21-26-13-7-6-8-14-26)35(22-27-15-9-12-24(3)20-27)31(37)18-11-19-36(41(5,39)40)29-17-10-16-28(33)25(29)4/h6-10,12-17,20,23,30H,11,18-19,21-22H2,1-5H3,(H,34,38)/t30-/m0/s1. The smallest absolute Gasteiger partial charge is 0.243 e. The van der Waals surface area contributed by atoms with Crippen molar-refractivity contribution in [1.29, 1.82) is 0 Å². The fourth-order valence-electron chi connectivity index (χ4n) is 4.79. The second-order valence-electron chi connectivity index (χ2n) is 10.7. The van der Waals surface area contributed by atoms with Crippen LogP contribution in [0.15, 0.2) is 72.8 Å². The molecule has 0 saturated heterocycles. The third-order valence-electron chi connectivity index (χ3n) is 6.80. The minimum Gasteiger partial charge on any atom is -0.352 e. The zero-order valence-electron chi connectivity index (χ0n) is 24.4. The number of nitrogens with one attached hydrogen (secondary N) is 1. The number of halogens is 1. The first-order chi connectivity index (χ1) is 19.4. The van der Waals surface area contributed by atoms with E-state index in [2.05, 4.69) is 5.32 Å². The summed E-state index contributed by atoms with van der Waals surface area (Å²) in [6.07, 6.45) is 1.84. The number of carbonyl (C=O) groups is 2. The molecule has 1 N–H and O–H groups in total. The van der Waals surface area contributed by atoms with Gasteiger partial charge in [-0.3, -0.25) is 13.9 Å². The maximum Gasteiger partial charge on any atom is 0.243 e. The highest BCUT2D eigenvalue weighted by molar-refractivity contribution is 7.92. The van der Waals surface area contributed by atoms with Gasteiger partial charge in [-0.05, 0) is 62.9 Å². The fraction of sp³-hybridized carbons (Fsp3) is 0.375. The summed E-state index contributed by atoms with van der Waals surface area (Å²) >= 11 is 6.27. The predicted molar refractivity (Wildman–Crippen MR) is 167 cm³/mol. The van der Waals surface area contributed by atoms with Gasteiger partial charge < -0.3 is 10.2 Å². The molecular formula is C32H40ClN3O4S. The van der Waals surface area contributed by atoms with E-state index in [-0.39, 0.29) is 43.8 Å². The summed E-state index contributed by atoms with van der Waals surface area (Å²) in [6.45, 7) is 7.90. The third kappa shape index (κ3) is 9.33. The quantitative estimate of drug-likeness (QED) is 0.275. The second-order valence-corrected chi connectivity index (χ2v) is 13.0. The summed E-state index contributed by atoms with van der Waals surface area (Å²) < 4.78 is 26.7. The van der Waals surface area contributed by atoms with Crippen molar-refractivity contribution >= 4 is 39.1 Å². The topological polar surface area (TPSA) is 86.8 Å². The molecule has 2 amide bonds.